The van der Waals surface area contributed by atoms with E-state index in [0.29, 0.717) is 13.0 Å². The van der Waals surface area contributed by atoms with Crippen LogP contribution in [0.25, 0.3) is 0 Å². The zero-order valence-corrected chi connectivity index (χ0v) is 11.1. The van der Waals surface area contributed by atoms with Gasteiger partial charge in [0.1, 0.15) is 6.29 Å². The summed E-state index contributed by atoms with van der Waals surface area (Å²) in [4.78, 5) is 12.5. The number of ether oxygens (including phenoxy) is 1. The van der Waals surface area contributed by atoms with E-state index in [1.54, 1.807) is 0 Å². The van der Waals surface area contributed by atoms with Gasteiger partial charge >= 0.3 is 0 Å². The number of carbonyl (C=O) groups is 1. The van der Waals surface area contributed by atoms with E-state index in [9.17, 15) is 4.79 Å². The van der Waals surface area contributed by atoms with Crippen molar-refractivity contribution in [2.45, 2.75) is 47.5 Å². The lowest BCUT2D eigenvalue weighted by atomic mass is 9.99. The van der Waals surface area contributed by atoms with E-state index >= 15 is 0 Å². The van der Waals surface area contributed by atoms with Crippen LogP contribution in [-0.4, -0.2) is 44.0 Å². The van der Waals surface area contributed by atoms with Crippen LogP contribution in [-0.2, 0) is 9.53 Å². The number of piperidine rings is 1. The Morgan fingerprint density at radius 3 is 2.35 bits per heavy atom. The highest BCUT2D eigenvalue weighted by molar-refractivity contribution is 5.49. The van der Waals surface area contributed by atoms with Gasteiger partial charge in [-0.05, 0) is 31.8 Å². The molecule has 0 atom stereocenters. The predicted molar refractivity (Wildman–Crippen MR) is 74.4 cm³/mol. The maximum atomic E-state index is 10.0. The third-order valence-electron chi connectivity index (χ3n) is 2.81. The minimum absolute atomic E-state index is 0. The molecule has 1 aliphatic heterocycles. The third-order valence-corrected chi connectivity index (χ3v) is 2.81. The molecule has 0 aliphatic carbocycles. The topological polar surface area (TPSA) is 29.5 Å². The van der Waals surface area contributed by atoms with Gasteiger partial charge in [0.25, 0.3) is 0 Å². The highest BCUT2D eigenvalue weighted by Crippen LogP contribution is 2.15. The predicted octanol–water partition coefficient (Wildman–Crippen LogP) is 2.99. The minimum atomic E-state index is 0. The summed E-state index contributed by atoms with van der Waals surface area (Å²) in [7, 11) is 0. The monoisotopic (exact) mass is 245 g/mol. The van der Waals surface area contributed by atoms with E-state index in [1.807, 2.05) is 13.8 Å². The number of nitrogens with zero attached hydrogens (tertiary/aromatic N) is 1. The first kappa shape index (κ1) is 18.9. The van der Waals surface area contributed by atoms with Crippen molar-refractivity contribution in [2.24, 2.45) is 5.92 Å². The van der Waals surface area contributed by atoms with E-state index in [4.69, 9.17) is 4.74 Å². The van der Waals surface area contributed by atoms with Crippen molar-refractivity contribution < 1.29 is 9.53 Å². The van der Waals surface area contributed by atoms with Crippen molar-refractivity contribution in [3.8, 4) is 0 Å². The van der Waals surface area contributed by atoms with Gasteiger partial charge in [0.05, 0.1) is 13.2 Å². The van der Waals surface area contributed by atoms with Gasteiger partial charge in [-0.25, -0.2) is 0 Å². The van der Waals surface area contributed by atoms with Gasteiger partial charge in [0, 0.05) is 13.0 Å². The molecule has 1 heterocycles. The second-order valence-electron chi connectivity index (χ2n) is 4.09. The zero-order valence-electron chi connectivity index (χ0n) is 11.1. The molecule has 1 saturated heterocycles. The second kappa shape index (κ2) is 13.7. The molecule has 3 nitrogen and oxygen atoms in total. The molecule has 0 saturated carbocycles. The fraction of sp³-hybridized carbons (Fsp3) is 0.929. The summed E-state index contributed by atoms with van der Waals surface area (Å²) in [5, 5.41) is 0. The Morgan fingerprint density at radius 2 is 1.82 bits per heavy atom. The van der Waals surface area contributed by atoms with Crippen LogP contribution in [0.5, 0.6) is 0 Å². The summed E-state index contributed by atoms with van der Waals surface area (Å²) in [6.07, 6.45) is 4.06. The van der Waals surface area contributed by atoms with Crippen molar-refractivity contribution in [3.05, 3.63) is 0 Å². The highest BCUT2D eigenvalue weighted by atomic mass is 16.5. The van der Waals surface area contributed by atoms with Crippen molar-refractivity contribution in [3.63, 3.8) is 0 Å². The molecular formula is C14H31NO2. The van der Waals surface area contributed by atoms with Crippen molar-refractivity contribution in [1.82, 2.24) is 4.90 Å². The highest BCUT2D eigenvalue weighted by Gasteiger charge is 2.14. The number of aldehydes is 1. The van der Waals surface area contributed by atoms with E-state index in [0.717, 1.165) is 25.4 Å². The van der Waals surface area contributed by atoms with Crippen LogP contribution in [0, 0.1) is 5.92 Å². The van der Waals surface area contributed by atoms with Crippen molar-refractivity contribution in [1.29, 1.82) is 0 Å². The lowest BCUT2D eigenvalue weighted by Gasteiger charge is -2.29. The fourth-order valence-corrected chi connectivity index (χ4v) is 1.71. The average Bonchev–Trinajstić information content (AvgIpc) is 2.34. The summed E-state index contributed by atoms with van der Waals surface area (Å²) in [6.45, 7) is 11.1. The van der Waals surface area contributed by atoms with E-state index in [1.165, 1.54) is 25.9 Å². The van der Waals surface area contributed by atoms with E-state index < -0.39 is 0 Å². The van der Waals surface area contributed by atoms with E-state index in [-0.39, 0.29) is 7.43 Å². The molecule has 104 valence electrons. The standard InChI is InChI=1S/C11H21NO2.C2H6.CH4/c1-11-3-5-12(6-4-11)7-10-14-9-2-8-13;1-2;/h8,11H,2-7,9-10H2,1H3;1-2H3;1H4. The Hall–Kier alpha value is -0.410. The van der Waals surface area contributed by atoms with Crippen LogP contribution in [0.2, 0.25) is 0 Å². The Morgan fingerprint density at radius 1 is 1.24 bits per heavy atom. The molecule has 0 bridgehead atoms. The van der Waals surface area contributed by atoms with Crippen LogP contribution in [0.3, 0.4) is 0 Å². The SMILES string of the molecule is C.CC.CC1CCN(CCOCCC=O)CC1. The molecule has 1 aliphatic rings. The van der Waals surface area contributed by atoms with Crippen molar-refractivity contribution >= 4 is 6.29 Å². The summed E-state index contributed by atoms with van der Waals surface area (Å²) in [5.41, 5.74) is 0. The van der Waals surface area contributed by atoms with Gasteiger partial charge in [-0.1, -0.05) is 28.2 Å². The zero-order chi connectivity index (χ0) is 12.2. The first-order chi connectivity index (χ1) is 7.83. The largest absolute Gasteiger partial charge is 0.380 e. The normalized spacial score (nSPS) is 16.6. The van der Waals surface area contributed by atoms with Crippen LogP contribution >= 0.6 is 0 Å². The van der Waals surface area contributed by atoms with Crippen LogP contribution < -0.4 is 0 Å². The van der Waals surface area contributed by atoms with E-state index in [2.05, 4.69) is 11.8 Å². The molecule has 0 N–H and O–H groups in total. The maximum absolute atomic E-state index is 10.0. The fourth-order valence-electron chi connectivity index (χ4n) is 1.71. The molecule has 0 spiro atoms. The van der Waals surface area contributed by atoms with Crippen LogP contribution in [0.15, 0.2) is 0 Å². The molecule has 0 radical (unpaired) electrons. The maximum Gasteiger partial charge on any atom is 0.122 e. The smallest absolute Gasteiger partial charge is 0.122 e. The van der Waals surface area contributed by atoms with Crippen LogP contribution in [0.1, 0.15) is 47.5 Å². The quantitative estimate of drug-likeness (QED) is 0.532. The number of hydrogen-bond donors (Lipinski definition) is 0. The molecule has 1 fully saturated rings. The third kappa shape index (κ3) is 10.5. The van der Waals surface area contributed by atoms with Gasteiger partial charge in [-0.2, -0.15) is 0 Å². The lowest BCUT2D eigenvalue weighted by molar-refractivity contribution is -0.108. The molecule has 0 aromatic carbocycles. The number of likely N-dealkylation sites (tertiary alicyclic amines) is 1. The van der Waals surface area contributed by atoms with Gasteiger partial charge in [-0.3, -0.25) is 0 Å². The van der Waals surface area contributed by atoms with Gasteiger partial charge < -0.3 is 14.4 Å². The molecule has 1 rings (SSSR count). The van der Waals surface area contributed by atoms with Gasteiger partial charge in [0.2, 0.25) is 0 Å². The van der Waals surface area contributed by atoms with Crippen LogP contribution in [0.4, 0.5) is 0 Å². The number of carbonyl (C=O) groups excluding carboxylic acids is 1. The molecule has 0 aromatic heterocycles. The Bertz CT molecular complexity index is 154. The second-order valence-corrected chi connectivity index (χ2v) is 4.09. The molecule has 3 heteroatoms. The Balaban J connectivity index is 0. The first-order valence-electron chi connectivity index (χ1n) is 6.56. The Labute approximate surface area is 108 Å². The Kier molecular flexibility index (Phi) is 15.2. The average molecular weight is 245 g/mol. The lowest BCUT2D eigenvalue weighted by Crippen LogP contribution is -2.35. The summed E-state index contributed by atoms with van der Waals surface area (Å²) in [5.74, 6) is 0.891. The summed E-state index contributed by atoms with van der Waals surface area (Å²) >= 11 is 0. The molecular weight excluding hydrogens is 214 g/mol. The van der Waals surface area contributed by atoms with Gasteiger partial charge in [-0.15, -0.1) is 0 Å². The molecule has 0 aromatic rings. The molecule has 0 unspecified atom stereocenters. The summed E-state index contributed by atoms with van der Waals surface area (Å²) in [6, 6.07) is 0. The molecule has 0 amide bonds. The summed E-state index contributed by atoms with van der Waals surface area (Å²) < 4.78 is 5.33. The van der Waals surface area contributed by atoms with Crippen molar-refractivity contribution in [2.75, 3.05) is 32.8 Å². The minimum Gasteiger partial charge on any atom is -0.380 e. The number of rotatable bonds is 6. The molecule has 17 heavy (non-hydrogen) atoms. The number of hydrogen-bond acceptors (Lipinski definition) is 3. The first-order valence-corrected chi connectivity index (χ1v) is 6.56. The van der Waals surface area contributed by atoms with Gasteiger partial charge in [0.15, 0.2) is 0 Å².